The first-order valence-electron chi connectivity index (χ1n) is 8.91. The summed E-state index contributed by atoms with van der Waals surface area (Å²) in [5, 5.41) is 3.43. The van der Waals surface area contributed by atoms with Crippen molar-refractivity contribution in [3.05, 3.63) is 33.7 Å². The van der Waals surface area contributed by atoms with Crippen molar-refractivity contribution in [3.8, 4) is 17.1 Å². The van der Waals surface area contributed by atoms with Crippen LogP contribution in [0.3, 0.4) is 0 Å². The average molecular weight is 428 g/mol. The summed E-state index contributed by atoms with van der Waals surface area (Å²) >= 11 is 12.3. The molecule has 150 valence electrons. The molecule has 1 saturated carbocycles. The lowest BCUT2D eigenvalue weighted by Crippen LogP contribution is -2.24. The summed E-state index contributed by atoms with van der Waals surface area (Å²) in [6.45, 7) is 0. The maximum atomic E-state index is 14.9. The van der Waals surface area contributed by atoms with E-state index in [9.17, 15) is 9.18 Å². The number of benzene rings is 1. The quantitative estimate of drug-likeness (QED) is 0.666. The molecule has 9 heteroatoms. The molecule has 0 amide bonds. The zero-order chi connectivity index (χ0) is 20.3. The van der Waals surface area contributed by atoms with Crippen LogP contribution >= 0.6 is 23.2 Å². The highest BCUT2D eigenvalue weighted by Crippen LogP contribution is 2.36. The number of halogens is 3. The minimum atomic E-state index is -0.735. The third-order valence-electron chi connectivity index (χ3n) is 4.67. The number of aromatic nitrogens is 2. The number of nitrogens with one attached hydrogen (secondary N) is 1. The van der Waals surface area contributed by atoms with Crippen LogP contribution < -0.4 is 10.1 Å². The van der Waals surface area contributed by atoms with Crippen LogP contribution in [0.1, 0.15) is 42.6 Å². The van der Waals surface area contributed by atoms with Crippen LogP contribution in [0, 0.1) is 5.82 Å². The van der Waals surface area contributed by atoms with E-state index in [2.05, 4.69) is 15.3 Å². The summed E-state index contributed by atoms with van der Waals surface area (Å²) in [4.78, 5) is 20.7. The molecule has 1 N–H and O–H groups in total. The lowest BCUT2D eigenvalue weighted by atomic mass is 9.95. The second kappa shape index (κ2) is 8.92. The van der Waals surface area contributed by atoms with Gasteiger partial charge in [-0.3, -0.25) is 0 Å². The minimum absolute atomic E-state index is 0.0180. The Bertz CT molecular complexity index is 889. The second-order valence-electron chi connectivity index (χ2n) is 6.47. The van der Waals surface area contributed by atoms with Crippen LogP contribution in [-0.2, 0) is 4.74 Å². The summed E-state index contributed by atoms with van der Waals surface area (Å²) in [7, 11) is 2.54. The average Bonchev–Trinajstić information content (AvgIpc) is 2.70. The van der Waals surface area contributed by atoms with Crippen molar-refractivity contribution in [2.45, 2.75) is 38.1 Å². The van der Waals surface area contributed by atoms with Gasteiger partial charge in [0.15, 0.2) is 23.1 Å². The lowest BCUT2D eigenvalue weighted by molar-refractivity contribution is 0.0594. The molecule has 28 heavy (non-hydrogen) atoms. The van der Waals surface area contributed by atoms with Gasteiger partial charge in [0.25, 0.3) is 0 Å². The molecule has 3 rings (SSSR count). The molecule has 0 aliphatic heterocycles. The molecule has 0 unspecified atom stereocenters. The van der Waals surface area contributed by atoms with Gasteiger partial charge in [-0.25, -0.2) is 19.2 Å². The zero-order valence-electron chi connectivity index (χ0n) is 15.5. The molecular formula is C19H20Cl2FN3O3. The number of methoxy groups -OCH3 is 2. The van der Waals surface area contributed by atoms with Crippen molar-refractivity contribution in [1.82, 2.24) is 9.97 Å². The number of rotatable bonds is 5. The first-order valence-corrected chi connectivity index (χ1v) is 9.66. The van der Waals surface area contributed by atoms with E-state index in [1.165, 1.54) is 32.8 Å². The number of hydrogen-bond acceptors (Lipinski definition) is 6. The standard InChI is InChI=1S/C19H20Cl2FN3O3/c1-27-16-12(20)9-8-11(14(16)22)17-24-15(19(26)28-2)13(21)18(25-17)23-10-6-4-3-5-7-10/h8-10H,3-7H2,1-2H3,(H,23,24,25). The van der Waals surface area contributed by atoms with Crippen molar-refractivity contribution in [1.29, 1.82) is 0 Å². The van der Waals surface area contributed by atoms with Crippen molar-refractivity contribution < 1.29 is 18.7 Å². The summed E-state index contributed by atoms with van der Waals surface area (Å²) in [6.07, 6.45) is 5.31. The highest BCUT2D eigenvalue weighted by Gasteiger charge is 2.25. The third-order valence-corrected chi connectivity index (χ3v) is 5.33. The van der Waals surface area contributed by atoms with E-state index in [4.69, 9.17) is 32.7 Å². The molecule has 0 bridgehead atoms. The van der Waals surface area contributed by atoms with E-state index < -0.39 is 11.8 Å². The SMILES string of the molecule is COC(=O)c1nc(-c2ccc(Cl)c(OC)c2F)nc(NC2CCCCC2)c1Cl. The van der Waals surface area contributed by atoms with Crippen molar-refractivity contribution in [2.75, 3.05) is 19.5 Å². The summed E-state index contributed by atoms with van der Waals surface area (Å²) in [6, 6.07) is 3.07. The monoisotopic (exact) mass is 427 g/mol. The minimum Gasteiger partial charge on any atom is -0.492 e. The Balaban J connectivity index is 2.10. The van der Waals surface area contributed by atoms with E-state index in [1.807, 2.05) is 0 Å². The van der Waals surface area contributed by atoms with Gasteiger partial charge in [-0.1, -0.05) is 42.5 Å². The molecule has 1 aliphatic rings. The maximum absolute atomic E-state index is 14.9. The molecule has 1 heterocycles. The predicted molar refractivity (Wildman–Crippen MR) is 106 cm³/mol. The fraction of sp³-hybridized carbons (Fsp3) is 0.421. The Morgan fingerprint density at radius 2 is 1.89 bits per heavy atom. The third kappa shape index (κ3) is 4.15. The number of nitrogens with zero attached hydrogens (tertiary/aromatic N) is 2. The highest BCUT2D eigenvalue weighted by atomic mass is 35.5. The Labute approximate surface area is 172 Å². The fourth-order valence-corrected chi connectivity index (χ4v) is 3.67. The number of carbonyl (C=O) groups excluding carboxylic acids is 1. The van der Waals surface area contributed by atoms with Gasteiger partial charge in [0.1, 0.15) is 10.8 Å². The maximum Gasteiger partial charge on any atom is 0.358 e. The van der Waals surface area contributed by atoms with Gasteiger partial charge >= 0.3 is 5.97 Å². The Kier molecular flexibility index (Phi) is 6.57. The predicted octanol–water partition coefficient (Wildman–Crippen LogP) is 5.13. The first kappa shape index (κ1) is 20.6. The van der Waals surface area contributed by atoms with Crippen LogP contribution in [-0.4, -0.2) is 36.2 Å². The fourth-order valence-electron chi connectivity index (χ4n) is 3.23. The van der Waals surface area contributed by atoms with Crippen molar-refractivity contribution in [2.24, 2.45) is 0 Å². The Morgan fingerprint density at radius 1 is 1.18 bits per heavy atom. The van der Waals surface area contributed by atoms with Crippen LogP contribution in [0.15, 0.2) is 12.1 Å². The molecule has 0 atom stereocenters. The lowest BCUT2D eigenvalue weighted by Gasteiger charge is -2.24. The molecule has 1 aromatic heterocycles. The number of carbonyl (C=O) groups is 1. The molecule has 0 radical (unpaired) electrons. The van der Waals surface area contributed by atoms with Gasteiger partial charge in [-0.2, -0.15) is 0 Å². The van der Waals surface area contributed by atoms with Gasteiger partial charge in [0.05, 0.1) is 24.8 Å². The van der Waals surface area contributed by atoms with Crippen LogP contribution in [0.5, 0.6) is 5.75 Å². The molecule has 0 saturated heterocycles. The van der Waals surface area contributed by atoms with Crippen LogP contribution in [0.25, 0.3) is 11.4 Å². The molecule has 0 spiro atoms. The van der Waals surface area contributed by atoms with E-state index in [0.717, 1.165) is 25.7 Å². The molecule has 6 nitrogen and oxygen atoms in total. The molecule has 1 fully saturated rings. The zero-order valence-corrected chi connectivity index (χ0v) is 17.0. The van der Waals surface area contributed by atoms with E-state index >= 15 is 0 Å². The Hall–Kier alpha value is -2.12. The topological polar surface area (TPSA) is 73.3 Å². The molecule has 1 aromatic carbocycles. The number of ether oxygens (including phenoxy) is 2. The van der Waals surface area contributed by atoms with Crippen LogP contribution in [0.4, 0.5) is 10.2 Å². The first-order chi connectivity index (χ1) is 13.5. The van der Waals surface area contributed by atoms with Gasteiger partial charge in [-0.15, -0.1) is 0 Å². The summed E-state index contributed by atoms with van der Waals surface area (Å²) in [5.74, 6) is -1.33. The second-order valence-corrected chi connectivity index (χ2v) is 7.26. The summed E-state index contributed by atoms with van der Waals surface area (Å²) in [5.41, 5.74) is -0.101. The van der Waals surface area contributed by atoms with Crippen molar-refractivity contribution >= 4 is 35.0 Å². The number of esters is 1. The normalized spacial score (nSPS) is 14.6. The summed E-state index contributed by atoms with van der Waals surface area (Å²) < 4.78 is 24.6. The van der Waals surface area contributed by atoms with E-state index in [0.29, 0.717) is 0 Å². The molecule has 1 aliphatic carbocycles. The van der Waals surface area contributed by atoms with Crippen molar-refractivity contribution in [3.63, 3.8) is 0 Å². The smallest absolute Gasteiger partial charge is 0.358 e. The Morgan fingerprint density at radius 3 is 2.54 bits per heavy atom. The number of hydrogen-bond donors (Lipinski definition) is 1. The van der Waals surface area contributed by atoms with Gasteiger partial charge in [0.2, 0.25) is 0 Å². The van der Waals surface area contributed by atoms with E-state index in [1.54, 1.807) is 0 Å². The van der Waals surface area contributed by atoms with Gasteiger partial charge < -0.3 is 14.8 Å². The molecular weight excluding hydrogens is 408 g/mol. The van der Waals surface area contributed by atoms with E-state index in [-0.39, 0.29) is 44.7 Å². The van der Waals surface area contributed by atoms with Gasteiger partial charge in [0, 0.05) is 6.04 Å². The van der Waals surface area contributed by atoms with Crippen LogP contribution in [0.2, 0.25) is 10.0 Å². The molecule has 2 aromatic rings. The largest absolute Gasteiger partial charge is 0.492 e. The highest BCUT2D eigenvalue weighted by molar-refractivity contribution is 6.35. The number of anilines is 1. The van der Waals surface area contributed by atoms with Gasteiger partial charge in [-0.05, 0) is 25.0 Å².